The summed E-state index contributed by atoms with van der Waals surface area (Å²) >= 11 is 1.62. The van der Waals surface area contributed by atoms with Crippen molar-refractivity contribution in [2.45, 2.75) is 58.2 Å². The van der Waals surface area contributed by atoms with Gasteiger partial charge in [-0.3, -0.25) is 14.4 Å². The van der Waals surface area contributed by atoms with E-state index >= 15 is 0 Å². The summed E-state index contributed by atoms with van der Waals surface area (Å²) in [4.78, 5) is 16.1. The van der Waals surface area contributed by atoms with E-state index in [2.05, 4.69) is 52.7 Å². The average molecular weight is 411 g/mol. The number of thiophene rings is 1. The molecule has 0 radical (unpaired) electrons. The van der Waals surface area contributed by atoms with Crippen LogP contribution in [0.3, 0.4) is 0 Å². The summed E-state index contributed by atoms with van der Waals surface area (Å²) in [6, 6.07) is 8.87. The fourth-order valence-corrected chi connectivity index (χ4v) is 5.58. The Morgan fingerprint density at radius 3 is 2.93 bits per heavy atom. The number of carbonyl (C=O) groups excluding carboxylic acids is 1. The molecule has 0 spiro atoms. The molecule has 0 aliphatic carbocycles. The molecule has 3 aromatic rings. The fourth-order valence-electron chi connectivity index (χ4n) is 4.41. The molecule has 4 rings (SSSR count). The molecule has 2 aromatic heterocycles. The molecule has 154 valence electrons. The third-order valence-corrected chi connectivity index (χ3v) is 7.18. The van der Waals surface area contributed by atoms with Crippen LogP contribution in [-0.2, 0) is 19.5 Å². The highest BCUT2D eigenvalue weighted by molar-refractivity contribution is 7.21. The number of likely N-dealkylation sites (tertiary alicyclic amines) is 1. The Balaban J connectivity index is 1.64. The van der Waals surface area contributed by atoms with E-state index in [0.29, 0.717) is 6.04 Å². The Morgan fingerprint density at radius 1 is 1.28 bits per heavy atom. The summed E-state index contributed by atoms with van der Waals surface area (Å²) in [5, 5.41) is 8.53. The molecule has 1 atom stereocenters. The van der Waals surface area contributed by atoms with Crippen LogP contribution in [0.25, 0.3) is 10.1 Å². The SMILES string of the molecule is CCn1cc(CN2CCCCC[C@H]2Cc2c(C(=O)NC)sc3ccccc23)cn1. The molecule has 5 nitrogen and oxygen atoms in total. The molecule has 1 saturated heterocycles. The van der Waals surface area contributed by atoms with Crippen LogP contribution in [-0.4, -0.2) is 40.2 Å². The molecule has 29 heavy (non-hydrogen) atoms. The number of nitrogens with one attached hydrogen (secondary N) is 1. The fraction of sp³-hybridized carbons (Fsp3) is 0.478. The van der Waals surface area contributed by atoms with E-state index in [9.17, 15) is 4.79 Å². The van der Waals surface area contributed by atoms with Gasteiger partial charge in [0.1, 0.15) is 0 Å². The van der Waals surface area contributed by atoms with Gasteiger partial charge in [-0.25, -0.2) is 0 Å². The second kappa shape index (κ2) is 9.09. The minimum absolute atomic E-state index is 0.0330. The van der Waals surface area contributed by atoms with Gasteiger partial charge in [0.15, 0.2) is 0 Å². The van der Waals surface area contributed by atoms with E-state index in [1.165, 1.54) is 46.9 Å². The molecular formula is C23H30N4OS. The molecule has 1 fully saturated rings. The summed E-state index contributed by atoms with van der Waals surface area (Å²) in [5.74, 6) is 0.0330. The van der Waals surface area contributed by atoms with Crippen LogP contribution in [0.15, 0.2) is 36.7 Å². The van der Waals surface area contributed by atoms with Crippen molar-refractivity contribution in [2.24, 2.45) is 0 Å². The predicted molar refractivity (Wildman–Crippen MR) is 119 cm³/mol. The maximum Gasteiger partial charge on any atom is 0.261 e. The lowest BCUT2D eigenvalue weighted by atomic mass is 9.97. The van der Waals surface area contributed by atoms with E-state index < -0.39 is 0 Å². The molecule has 1 aliphatic rings. The van der Waals surface area contributed by atoms with Crippen molar-refractivity contribution in [3.05, 3.63) is 52.7 Å². The summed E-state index contributed by atoms with van der Waals surface area (Å²) in [5.41, 5.74) is 2.49. The number of aromatic nitrogens is 2. The van der Waals surface area contributed by atoms with Crippen molar-refractivity contribution >= 4 is 27.3 Å². The smallest absolute Gasteiger partial charge is 0.261 e. The highest BCUT2D eigenvalue weighted by Crippen LogP contribution is 2.34. The van der Waals surface area contributed by atoms with Crippen molar-refractivity contribution in [3.63, 3.8) is 0 Å². The number of nitrogens with zero attached hydrogens (tertiary/aromatic N) is 3. The first kappa shape index (κ1) is 20.1. The number of fused-ring (bicyclic) bond motifs is 1. The molecule has 0 saturated carbocycles. The van der Waals surface area contributed by atoms with Crippen molar-refractivity contribution < 1.29 is 4.79 Å². The van der Waals surface area contributed by atoms with Crippen molar-refractivity contribution in [2.75, 3.05) is 13.6 Å². The average Bonchev–Trinajstić information content (AvgIpc) is 3.28. The van der Waals surface area contributed by atoms with Crippen molar-refractivity contribution in [1.29, 1.82) is 0 Å². The predicted octanol–water partition coefficient (Wildman–Crippen LogP) is 4.46. The number of benzene rings is 1. The third kappa shape index (κ3) is 4.38. The second-order valence-electron chi connectivity index (χ2n) is 7.87. The van der Waals surface area contributed by atoms with Gasteiger partial charge in [0.2, 0.25) is 0 Å². The monoisotopic (exact) mass is 410 g/mol. The van der Waals surface area contributed by atoms with Crippen LogP contribution in [0.5, 0.6) is 0 Å². The van der Waals surface area contributed by atoms with Crippen LogP contribution in [0.2, 0.25) is 0 Å². The van der Waals surface area contributed by atoms with Gasteiger partial charge in [-0.15, -0.1) is 11.3 Å². The first-order valence-corrected chi connectivity index (χ1v) is 11.5. The van der Waals surface area contributed by atoms with Gasteiger partial charge in [0.05, 0.1) is 11.1 Å². The standard InChI is InChI=1S/C23H30N4OS/c1-3-27-16-17(14-25-27)15-26-12-8-4-5-9-18(26)13-20-19-10-6-7-11-21(19)29-22(20)23(28)24-2/h6-7,10-11,14,16,18H,3-5,8-9,12-13,15H2,1-2H3,(H,24,28)/t18-/m0/s1. The largest absolute Gasteiger partial charge is 0.354 e. The number of aryl methyl sites for hydroxylation is 1. The third-order valence-electron chi connectivity index (χ3n) is 5.97. The Kier molecular flexibility index (Phi) is 6.31. The van der Waals surface area contributed by atoms with E-state index in [1.54, 1.807) is 18.4 Å². The van der Waals surface area contributed by atoms with Crippen LogP contribution in [0.1, 0.15) is 53.4 Å². The zero-order chi connectivity index (χ0) is 20.2. The molecular weight excluding hydrogens is 380 g/mol. The molecule has 3 heterocycles. The Morgan fingerprint density at radius 2 is 2.14 bits per heavy atom. The molecule has 0 bridgehead atoms. The van der Waals surface area contributed by atoms with Gasteiger partial charge in [-0.2, -0.15) is 5.10 Å². The highest BCUT2D eigenvalue weighted by Gasteiger charge is 2.26. The number of amides is 1. The zero-order valence-electron chi connectivity index (χ0n) is 17.4. The van der Waals surface area contributed by atoms with Crippen molar-refractivity contribution in [3.8, 4) is 0 Å². The van der Waals surface area contributed by atoms with Gasteiger partial charge >= 0.3 is 0 Å². The topological polar surface area (TPSA) is 50.2 Å². The molecule has 1 N–H and O–H groups in total. The summed E-state index contributed by atoms with van der Waals surface area (Å²) in [6.45, 7) is 5.06. The lowest BCUT2D eigenvalue weighted by Gasteiger charge is -2.30. The first-order chi connectivity index (χ1) is 14.2. The quantitative estimate of drug-likeness (QED) is 0.652. The van der Waals surface area contributed by atoms with Crippen molar-refractivity contribution in [1.82, 2.24) is 20.0 Å². The highest BCUT2D eigenvalue weighted by atomic mass is 32.1. The van der Waals surface area contributed by atoms with Gasteiger partial charge in [-0.1, -0.05) is 31.0 Å². The Bertz CT molecular complexity index is 976. The normalized spacial score (nSPS) is 18.1. The van der Waals surface area contributed by atoms with Gasteiger partial charge in [-0.05, 0) is 49.7 Å². The molecule has 0 unspecified atom stereocenters. The van der Waals surface area contributed by atoms with E-state index in [1.807, 2.05) is 10.9 Å². The van der Waals surface area contributed by atoms with Crippen LogP contribution < -0.4 is 5.32 Å². The second-order valence-corrected chi connectivity index (χ2v) is 8.92. The van der Waals surface area contributed by atoms with E-state index in [0.717, 1.165) is 30.9 Å². The summed E-state index contributed by atoms with van der Waals surface area (Å²) < 4.78 is 3.20. The summed E-state index contributed by atoms with van der Waals surface area (Å²) in [6.07, 6.45) is 10.1. The van der Waals surface area contributed by atoms with Crippen LogP contribution in [0.4, 0.5) is 0 Å². The van der Waals surface area contributed by atoms with E-state index in [4.69, 9.17) is 0 Å². The number of rotatable bonds is 6. The lowest BCUT2D eigenvalue weighted by molar-refractivity contribution is 0.0965. The lowest BCUT2D eigenvalue weighted by Crippen LogP contribution is -2.36. The van der Waals surface area contributed by atoms with Gasteiger partial charge in [0, 0.05) is 42.6 Å². The molecule has 1 amide bonds. The molecule has 1 aliphatic heterocycles. The van der Waals surface area contributed by atoms with Crippen LogP contribution in [0, 0.1) is 0 Å². The summed E-state index contributed by atoms with van der Waals surface area (Å²) in [7, 11) is 1.72. The van der Waals surface area contributed by atoms with Gasteiger partial charge < -0.3 is 5.32 Å². The maximum absolute atomic E-state index is 12.6. The first-order valence-electron chi connectivity index (χ1n) is 10.7. The zero-order valence-corrected chi connectivity index (χ0v) is 18.2. The number of hydrogen-bond acceptors (Lipinski definition) is 4. The minimum Gasteiger partial charge on any atom is -0.354 e. The molecule has 6 heteroatoms. The number of hydrogen-bond donors (Lipinski definition) is 1. The Labute approximate surface area is 176 Å². The van der Waals surface area contributed by atoms with Crippen LogP contribution >= 0.6 is 11.3 Å². The maximum atomic E-state index is 12.6. The number of carbonyl (C=O) groups is 1. The minimum atomic E-state index is 0.0330. The van der Waals surface area contributed by atoms with Gasteiger partial charge in [0.25, 0.3) is 5.91 Å². The Hall–Kier alpha value is -2.18. The molecule has 1 aromatic carbocycles. The van der Waals surface area contributed by atoms with E-state index in [-0.39, 0.29) is 5.91 Å².